The molecule has 1 heterocycles. The molecule has 8 heteroatoms. The van der Waals surface area contributed by atoms with Crippen LogP contribution in [0.1, 0.15) is 5.56 Å². The minimum Gasteiger partial charge on any atom is -0.360 e. The number of nitro groups is 2. The summed E-state index contributed by atoms with van der Waals surface area (Å²) in [6, 6.07) is 13.4. The van der Waals surface area contributed by atoms with E-state index in [1.54, 1.807) is 24.3 Å². The lowest BCUT2D eigenvalue weighted by molar-refractivity contribution is -0.914. The molecule has 2 aromatic carbocycles. The van der Waals surface area contributed by atoms with E-state index in [2.05, 4.69) is 4.90 Å². The number of quaternary nitrogens is 1. The molecule has 0 saturated carbocycles. The summed E-state index contributed by atoms with van der Waals surface area (Å²) in [5.74, 6) is 0. The Bertz CT molecular complexity index is 770. The van der Waals surface area contributed by atoms with Crippen LogP contribution in [0.2, 0.25) is 0 Å². The van der Waals surface area contributed by atoms with Crippen LogP contribution < -0.4 is 9.80 Å². The maximum absolute atomic E-state index is 10.9. The average Bonchev–Trinajstić information content (AvgIpc) is 2.63. The van der Waals surface area contributed by atoms with Crippen LogP contribution in [0.3, 0.4) is 0 Å². The molecule has 3 rings (SSSR count). The smallest absolute Gasteiger partial charge is 0.269 e. The Morgan fingerprint density at radius 2 is 1.56 bits per heavy atom. The Morgan fingerprint density at radius 1 is 0.920 bits per heavy atom. The summed E-state index contributed by atoms with van der Waals surface area (Å²) in [5.41, 5.74) is 2.17. The first-order chi connectivity index (χ1) is 12.0. The van der Waals surface area contributed by atoms with E-state index >= 15 is 0 Å². The van der Waals surface area contributed by atoms with Gasteiger partial charge in [-0.1, -0.05) is 12.1 Å². The summed E-state index contributed by atoms with van der Waals surface area (Å²) in [5, 5.41) is 21.6. The molecule has 25 heavy (non-hydrogen) atoms. The number of hydrogen-bond donors (Lipinski definition) is 1. The van der Waals surface area contributed by atoms with Gasteiger partial charge in [-0.3, -0.25) is 20.2 Å². The van der Waals surface area contributed by atoms with Crippen molar-refractivity contribution in [3.05, 3.63) is 74.3 Å². The molecular formula is C17H19N4O4+. The minimum atomic E-state index is -0.398. The second kappa shape index (κ2) is 7.27. The molecule has 0 atom stereocenters. The zero-order chi connectivity index (χ0) is 17.8. The Labute approximate surface area is 144 Å². The van der Waals surface area contributed by atoms with Gasteiger partial charge in [-0.25, -0.2) is 0 Å². The second-order valence-corrected chi connectivity index (χ2v) is 6.11. The van der Waals surface area contributed by atoms with E-state index in [-0.39, 0.29) is 16.3 Å². The lowest BCUT2D eigenvalue weighted by Crippen LogP contribution is -3.13. The highest BCUT2D eigenvalue weighted by Gasteiger charge is 2.21. The third kappa shape index (κ3) is 4.10. The first-order valence-electron chi connectivity index (χ1n) is 8.09. The van der Waals surface area contributed by atoms with Gasteiger partial charge in [-0.05, 0) is 12.1 Å². The van der Waals surface area contributed by atoms with E-state index in [1.165, 1.54) is 23.1 Å². The standard InChI is InChI=1S/C17H18N4O4/c22-20(23)16-6-4-15(5-7-16)19-10-8-18(9-11-19)13-14-2-1-3-17(12-14)21(24)25/h1-7,12H,8-11,13H2/p+1. The fraction of sp³-hybridized carbons (Fsp3) is 0.294. The molecule has 0 spiro atoms. The van der Waals surface area contributed by atoms with Crippen LogP contribution in [0.25, 0.3) is 0 Å². The molecule has 0 aliphatic carbocycles. The molecule has 1 N–H and O–H groups in total. The summed E-state index contributed by atoms with van der Waals surface area (Å²) in [6.45, 7) is 4.29. The number of piperazine rings is 1. The van der Waals surface area contributed by atoms with E-state index in [4.69, 9.17) is 0 Å². The molecule has 8 nitrogen and oxygen atoms in total. The first kappa shape index (κ1) is 16.8. The molecule has 1 fully saturated rings. The number of hydrogen-bond acceptors (Lipinski definition) is 5. The van der Waals surface area contributed by atoms with Crippen LogP contribution in [-0.2, 0) is 6.54 Å². The first-order valence-corrected chi connectivity index (χ1v) is 8.09. The number of nitrogens with zero attached hydrogens (tertiary/aromatic N) is 3. The van der Waals surface area contributed by atoms with Crippen LogP contribution >= 0.6 is 0 Å². The van der Waals surface area contributed by atoms with Gasteiger partial charge >= 0.3 is 0 Å². The third-order valence-electron chi connectivity index (χ3n) is 4.47. The van der Waals surface area contributed by atoms with Gasteiger partial charge < -0.3 is 9.80 Å². The number of rotatable bonds is 5. The number of nitrogens with one attached hydrogen (secondary N) is 1. The van der Waals surface area contributed by atoms with Gasteiger partial charge in [0.2, 0.25) is 0 Å². The van der Waals surface area contributed by atoms with Crippen molar-refractivity contribution in [3.8, 4) is 0 Å². The molecule has 130 valence electrons. The zero-order valence-electron chi connectivity index (χ0n) is 13.6. The van der Waals surface area contributed by atoms with Crippen molar-refractivity contribution in [1.29, 1.82) is 0 Å². The van der Waals surface area contributed by atoms with E-state index in [1.807, 2.05) is 6.07 Å². The quantitative estimate of drug-likeness (QED) is 0.654. The van der Waals surface area contributed by atoms with Crippen molar-refractivity contribution < 1.29 is 14.7 Å². The summed E-state index contributed by atoms with van der Waals surface area (Å²) >= 11 is 0. The largest absolute Gasteiger partial charge is 0.360 e. The maximum Gasteiger partial charge on any atom is 0.269 e. The van der Waals surface area contributed by atoms with Crippen LogP contribution in [-0.4, -0.2) is 36.0 Å². The highest BCUT2D eigenvalue weighted by molar-refractivity contribution is 5.51. The van der Waals surface area contributed by atoms with Gasteiger partial charge in [-0.2, -0.15) is 0 Å². The summed E-state index contributed by atoms with van der Waals surface area (Å²) in [4.78, 5) is 24.4. The zero-order valence-corrected chi connectivity index (χ0v) is 13.6. The molecule has 1 aliphatic rings. The molecule has 1 aliphatic heterocycles. The molecule has 0 aromatic heterocycles. The fourth-order valence-electron chi connectivity index (χ4n) is 3.11. The fourth-order valence-corrected chi connectivity index (χ4v) is 3.11. The van der Waals surface area contributed by atoms with E-state index in [0.717, 1.165) is 44.0 Å². The lowest BCUT2D eigenvalue weighted by atomic mass is 10.1. The molecule has 1 saturated heterocycles. The third-order valence-corrected chi connectivity index (χ3v) is 4.47. The number of nitro benzene ring substituents is 2. The van der Waals surface area contributed by atoms with Gasteiger partial charge in [0.15, 0.2) is 0 Å². The number of non-ortho nitro benzene ring substituents is 2. The van der Waals surface area contributed by atoms with Crippen molar-refractivity contribution in [2.24, 2.45) is 0 Å². The van der Waals surface area contributed by atoms with E-state index in [9.17, 15) is 20.2 Å². The number of anilines is 1. The van der Waals surface area contributed by atoms with Crippen LogP contribution in [0.5, 0.6) is 0 Å². The van der Waals surface area contributed by atoms with Crippen molar-refractivity contribution in [3.63, 3.8) is 0 Å². The van der Waals surface area contributed by atoms with Crippen LogP contribution in [0, 0.1) is 20.2 Å². The highest BCUT2D eigenvalue weighted by Crippen LogP contribution is 2.19. The Kier molecular flexibility index (Phi) is 4.90. The maximum atomic E-state index is 10.9. The summed E-state index contributed by atoms with van der Waals surface area (Å²) in [7, 11) is 0. The monoisotopic (exact) mass is 343 g/mol. The molecule has 0 bridgehead atoms. The number of benzene rings is 2. The summed E-state index contributed by atoms with van der Waals surface area (Å²) < 4.78 is 0. The van der Waals surface area contributed by atoms with Gasteiger partial charge in [0.1, 0.15) is 6.54 Å². The molecule has 0 unspecified atom stereocenters. The average molecular weight is 343 g/mol. The Hall–Kier alpha value is -3.00. The normalized spacial score (nSPS) is 15.1. The topological polar surface area (TPSA) is 94.0 Å². The second-order valence-electron chi connectivity index (χ2n) is 6.11. The Balaban J connectivity index is 1.57. The van der Waals surface area contributed by atoms with Crippen molar-refractivity contribution >= 4 is 17.1 Å². The summed E-state index contributed by atoms with van der Waals surface area (Å²) in [6.07, 6.45) is 0. The van der Waals surface area contributed by atoms with Crippen molar-refractivity contribution in [2.75, 3.05) is 31.1 Å². The van der Waals surface area contributed by atoms with Crippen LogP contribution in [0.4, 0.5) is 17.1 Å². The Morgan fingerprint density at radius 3 is 2.16 bits per heavy atom. The predicted molar refractivity (Wildman–Crippen MR) is 92.8 cm³/mol. The molecular weight excluding hydrogens is 324 g/mol. The minimum absolute atomic E-state index is 0.0960. The van der Waals surface area contributed by atoms with Crippen molar-refractivity contribution in [1.82, 2.24) is 0 Å². The molecule has 2 aromatic rings. The van der Waals surface area contributed by atoms with Crippen LogP contribution in [0.15, 0.2) is 48.5 Å². The van der Waals surface area contributed by atoms with Crippen molar-refractivity contribution in [2.45, 2.75) is 6.54 Å². The lowest BCUT2D eigenvalue weighted by Gasteiger charge is -2.33. The van der Waals surface area contributed by atoms with E-state index < -0.39 is 4.92 Å². The van der Waals surface area contributed by atoms with Gasteiger partial charge in [0.25, 0.3) is 11.4 Å². The highest BCUT2D eigenvalue weighted by atomic mass is 16.6. The van der Waals surface area contributed by atoms with Gasteiger partial charge in [0, 0.05) is 35.5 Å². The SMILES string of the molecule is O=[N+]([O-])c1ccc(N2CC[NH+](Cc3cccc([N+](=O)[O-])c3)CC2)cc1. The molecule has 0 radical (unpaired) electrons. The van der Waals surface area contributed by atoms with Gasteiger partial charge in [0.05, 0.1) is 36.0 Å². The van der Waals surface area contributed by atoms with E-state index in [0.29, 0.717) is 0 Å². The molecule has 0 amide bonds. The van der Waals surface area contributed by atoms with Gasteiger partial charge in [-0.15, -0.1) is 0 Å². The predicted octanol–water partition coefficient (Wildman–Crippen LogP) is 1.41.